The van der Waals surface area contributed by atoms with E-state index in [9.17, 15) is 0 Å². The van der Waals surface area contributed by atoms with Gasteiger partial charge < -0.3 is 10.8 Å². The monoisotopic (exact) mass is 196 g/mol. The molecule has 5 heteroatoms. The molecule has 1 saturated carbocycles. The molecule has 78 valence electrons. The van der Waals surface area contributed by atoms with Gasteiger partial charge in [-0.1, -0.05) is 5.21 Å². The molecule has 3 N–H and O–H groups in total. The van der Waals surface area contributed by atoms with Gasteiger partial charge in [-0.3, -0.25) is 0 Å². The summed E-state index contributed by atoms with van der Waals surface area (Å²) in [6, 6.07) is 0.666. The molecule has 1 aliphatic rings. The van der Waals surface area contributed by atoms with Crippen LogP contribution in [0.4, 0.5) is 0 Å². The van der Waals surface area contributed by atoms with Crippen molar-refractivity contribution in [1.29, 1.82) is 0 Å². The van der Waals surface area contributed by atoms with Gasteiger partial charge in [0.15, 0.2) is 0 Å². The largest absolute Gasteiger partial charge is 0.390 e. The van der Waals surface area contributed by atoms with Gasteiger partial charge in [0.2, 0.25) is 0 Å². The Morgan fingerprint density at radius 1 is 1.57 bits per heavy atom. The summed E-state index contributed by atoms with van der Waals surface area (Å²) in [5.41, 5.74) is 7.48. The van der Waals surface area contributed by atoms with Gasteiger partial charge in [-0.15, -0.1) is 5.10 Å². The summed E-state index contributed by atoms with van der Waals surface area (Å²) in [4.78, 5) is 0. The minimum atomic E-state index is -0.0371. The average Bonchev–Trinajstić information content (AvgIpc) is 2.72. The molecule has 2 rings (SSSR count). The first kappa shape index (κ1) is 9.61. The standard InChI is InChI=1S/C9H16N4O/c1-6-9(5-14)11-12-13(6)8-3-2-7(10)4-8/h7-8,14H,2-5,10H2,1H3/t7-,8+/m0/s1. The second-order valence-electron chi connectivity index (χ2n) is 3.95. The van der Waals surface area contributed by atoms with Crippen molar-refractivity contribution in [3.63, 3.8) is 0 Å². The lowest BCUT2D eigenvalue weighted by atomic mass is 10.2. The van der Waals surface area contributed by atoms with E-state index in [1.807, 2.05) is 11.6 Å². The molecule has 0 amide bonds. The maximum Gasteiger partial charge on any atom is 0.111 e. The third-order valence-corrected chi connectivity index (χ3v) is 2.96. The lowest BCUT2D eigenvalue weighted by molar-refractivity contribution is 0.275. The molecule has 1 aromatic rings. The van der Waals surface area contributed by atoms with Crippen LogP contribution < -0.4 is 5.73 Å². The summed E-state index contributed by atoms with van der Waals surface area (Å²) in [6.45, 7) is 1.90. The SMILES string of the molecule is Cc1c(CO)nnn1[C@@H]1CC[C@H](N)C1. The number of aliphatic hydroxyl groups excluding tert-OH is 1. The van der Waals surface area contributed by atoms with Crippen LogP contribution in [0.1, 0.15) is 36.7 Å². The number of aliphatic hydroxyl groups is 1. The molecule has 1 aliphatic carbocycles. The Bertz CT molecular complexity index is 323. The van der Waals surface area contributed by atoms with Crippen LogP contribution >= 0.6 is 0 Å². The highest BCUT2D eigenvalue weighted by Crippen LogP contribution is 2.29. The van der Waals surface area contributed by atoms with E-state index < -0.39 is 0 Å². The molecule has 1 heterocycles. The molecule has 0 aromatic carbocycles. The second-order valence-corrected chi connectivity index (χ2v) is 3.95. The number of hydrogen-bond donors (Lipinski definition) is 2. The molecule has 0 radical (unpaired) electrons. The summed E-state index contributed by atoms with van der Waals surface area (Å²) >= 11 is 0. The minimum absolute atomic E-state index is 0.0371. The van der Waals surface area contributed by atoms with Gasteiger partial charge in [-0.2, -0.15) is 0 Å². The van der Waals surface area contributed by atoms with Crippen LogP contribution in [0.2, 0.25) is 0 Å². The second kappa shape index (κ2) is 3.67. The first-order valence-corrected chi connectivity index (χ1v) is 4.99. The Labute approximate surface area is 82.9 Å². The first-order chi connectivity index (χ1) is 6.72. The number of nitrogens with two attached hydrogens (primary N) is 1. The Morgan fingerprint density at radius 2 is 2.36 bits per heavy atom. The first-order valence-electron chi connectivity index (χ1n) is 4.99. The molecule has 14 heavy (non-hydrogen) atoms. The van der Waals surface area contributed by atoms with Crippen molar-refractivity contribution in [2.45, 2.75) is 44.9 Å². The molecule has 1 fully saturated rings. The van der Waals surface area contributed by atoms with Gasteiger partial charge in [0.05, 0.1) is 18.3 Å². The molecule has 0 aliphatic heterocycles. The van der Waals surface area contributed by atoms with Crippen molar-refractivity contribution in [2.75, 3.05) is 0 Å². The molecular formula is C9H16N4O. The summed E-state index contributed by atoms with van der Waals surface area (Å²) in [7, 11) is 0. The zero-order valence-electron chi connectivity index (χ0n) is 8.35. The lowest BCUT2D eigenvalue weighted by Gasteiger charge is -2.11. The van der Waals surface area contributed by atoms with Gasteiger partial charge in [0.1, 0.15) is 5.69 Å². The van der Waals surface area contributed by atoms with Crippen LogP contribution in [0, 0.1) is 6.92 Å². The molecule has 0 saturated heterocycles. The predicted octanol–water partition coefficient (Wildman–Crippen LogP) is 0.131. The lowest BCUT2D eigenvalue weighted by Crippen LogP contribution is -2.17. The van der Waals surface area contributed by atoms with Gasteiger partial charge in [-0.05, 0) is 26.2 Å². The fourth-order valence-corrected chi connectivity index (χ4v) is 2.08. The van der Waals surface area contributed by atoms with Crippen LogP contribution in [-0.2, 0) is 6.61 Å². The van der Waals surface area contributed by atoms with Gasteiger partial charge in [0, 0.05) is 6.04 Å². The van der Waals surface area contributed by atoms with Crippen LogP contribution in [-0.4, -0.2) is 26.1 Å². The summed E-state index contributed by atoms with van der Waals surface area (Å²) in [5, 5.41) is 17.0. The van der Waals surface area contributed by atoms with Gasteiger partial charge in [0.25, 0.3) is 0 Å². The third-order valence-electron chi connectivity index (χ3n) is 2.96. The quantitative estimate of drug-likeness (QED) is 0.705. The number of aromatic nitrogens is 3. The van der Waals surface area contributed by atoms with Gasteiger partial charge in [-0.25, -0.2) is 4.68 Å². The van der Waals surface area contributed by atoms with E-state index >= 15 is 0 Å². The number of nitrogens with zero attached hydrogens (tertiary/aromatic N) is 3. The van der Waals surface area contributed by atoms with Crippen molar-refractivity contribution in [2.24, 2.45) is 5.73 Å². The Hall–Kier alpha value is -0.940. The predicted molar refractivity (Wildman–Crippen MR) is 51.5 cm³/mol. The molecule has 0 spiro atoms. The average molecular weight is 196 g/mol. The van der Waals surface area contributed by atoms with Crippen molar-refractivity contribution in [3.8, 4) is 0 Å². The number of hydrogen-bond acceptors (Lipinski definition) is 4. The molecular weight excluding hydrogens is 180 g/mol. The van der Waals surface area contributed by atoms with E-state index in [0.717, 1.165) is 25.0 Å². The molecule has 5 nitrogen and oxygen atoms in total. The molecule has 1 aromatic heterocycles. The molecule has 0 bridgehead atoms. The Balaban J connectivity index is 2.20. The van der Waals surface area contributed by atoms with E-state index in [1.54, 1.807) is 0 Å². The van der Waals surface area contributed by atoms with Crippen molar-refractivity contribution >= 4 is 0 Å². The summed E-state index contributed by atoms with van der Waals surface area (Å²) < 4.78 is 1.90. The fraction of sp³-hybridized carbons (Fsp3) is 0.778. The van der Waals surface area contributed by atoms with Gasteiger partial charge >= 0.3 is 0 Å². The van der Waals surface area contributed by atoms with E-state index in [2.05, 4.69) is 10.3 Å². The molecule has 2 atom stereocenters. The van der Waals surface area contributed by atoms with E-state index in [4.69, 9.17) is 10.8 Å². The topological polar surface area (TPSA) is 77.0 Å². The van der Waals surface area contributed by atoms with E-state index in [-0.39, 0.29) is 6.61 Å². The highest BCUT2D eigenvalue weighted by Gasteiger charge is 2.25. The summed E-state index contributed by atoms with van der Waals surface area (Å²) in [6.07, 6.45) is 3.09. The van der Waals surface area contributed by atoms with Crippen LogP contribution in [0.25, 0.3) is 0 Å². The zero-order valence-corrected chi connectivity index (χ0v) is 8.35. The third kappa shape index (κ3) is 1.53. The normalized spacial score (nSPS) is 27.1. The van der Waals surface area contributed by atoms with Crippen molar-refractivity contribution < 1.29 is 5.11 Å². The Kier molecular flexibility index (Phi) is 2.52. The minimum Gasteiger partial charge on any atom is -0.390 e. The van der Waals surface area contributed by atoms with Crippen molar-refractivity contribution in [3.05, 3.63) is 11.4 Å². The smallest absolute Gasteiger partial charge is 0.111 e. The number of rotatable bonds is 2. The zero-order chi connectivity index (χ0) is 10.1. The van der Waals surface area contributed by atoms with Crippen LogP contribution in [0.5, 0.6) is 0 Å². The molecule has 0 unspecified atom stereocenters. The maximum absolute atomic E-state index is 8.99. The highest BCUT2D eigenvalue weighted by molar-refractivity contribution is 5.07. The van der Waals surface area contributed by atoms with Crippen LogP contribution in [0.3, 0.4) is 0 Å². The van der Waals surface area contributed by atoms with E-state index in [0.29, 0.717) is 17.8 Å². The highest BCUT2D eigenvalue weighted by atomic mass is 16.3. The fourth-order valence-electron chi connectivity index (χ4n) is 2.08. The van der Waals surface area contributed by atoms with E-state index in [1.165, 1.54) is 0 Å². The summed E-state index contributed by atoms with van der Waals surface area (Å²) in [5.74, 6) is 0. The van der Waals surface area contributed by atoms with Crippen molar-refractivity contribution in [1.82, 2.24) is 15.0 Å². The maximum atomic E-state index is 8.99. The van der Waals surface area contributed by atoms with Crippen LogP contribution in [0.15, 0.2) is 0 Å². The Morgan fingerprint density at radius 3 is 2.86 bits per heavy atom.